The van der Waals surface area contributed by atoms with Crippen molar-refractivity contribution in [3.63, 3.8) is 0 Å². The first-order chi connectivity index (χ1) is 14.7. The van der Waals surface area contributed by atoms with Crippen molar-refractivity contribution in [2.75, 3.05) is 7.11 Å². The molecule has 5 nitrogen and oxygen atoms in total. The van der Waals surface area contributed by atoms with Gasteiger partial charge in [0.05, 0.1) is 13.7 Å². The summed E-state index contributed by atoms with van der Waals surface area (Å²) in [5, 5.41) is 13.1. The lowest BCUT2D eigenvalue weighted by Gasteiger charge is -2.06. The van der Waals surface area contributed by atoms with Gasteiger partial charge in [-0.2, -0.15) is 15.0 Å². The molecule has 0 saturated heterocycles. The van der Waals surface area contributed by atoms with E-state index in [9.17, 15) is 0 Å². The molecule has 0 unspecified atom stereocenters. The molecule has 0 bridgehead atoms. The van der Waals surface area contributed by atoms with E-state index in [2.05, 4.69) is 60.8 Å². The fourth-order valence-electron chi connectivity index (χ4n) is 3.40. The molecule has 0 spiro atoms. The number of rotatable bonds is 8. The predicted octanol–water partition coefficient (Wildman–Crippen LogP) is 4.60. The molecule has 1 aromatic heterocycles. The summed E-state index contributed by atoms with van der Waals surface area (Å²) in [6.07, 6.45) is 0. The molecule has 1 N–H and O–H groups in total. The first-order valence-corrected chi connectivity index (χ1v) is 10.1. The Balaban J connectivity index is 1.52. The van der Waals surface area contributed by atoms with E-state index in [1.807, 2.05) is 30.3 Å². The van der Waals surface area contributed by atoms with Crippen molar-refractivity contribution >= 4 is 0 Å². The Morgan fingerprint density at radius 3 is 2.30 bits per heavy atom. The molecule has 0 aliphatic carbocycles. The SMILES string of the molecule is COc1ccc(CNCc2nn(Cc3ccccc3C)nc2-c2ccccc2)cc1. The van der Waals surface area contributed by atoms with Crippen LogP contribution in [-0.2, 0) is 19.6 Å². The number of aromatic nitrogens is 3. The van der Waals surface area contributed by atoms with Gasteiger partial charge in [-0.25, -0.2) is 0 Å². The maximum absolute atomic E-state index is 5.23. The molecule has 3 aromatic carbocycles. The third-order valence-corrected chi connectivity index (χ3v) is 5.13. The maximum Gasteiger partial charge on any atom is 0.118 e. The van der Waals surface area contributed by atoms with E-state index in [-0.39, 0.29) is 0 Å². The molecule has 0 aliphatic rings. The topological polar surface area (TPSA) is 52.0 Å². The number of ether oxygens (including phenoxy) is 1. The molecule has 5 heteroatoms. The quantitative estimate of drug-likeness (QED) is 0.471. The predicted molar refractivity (Wildman–Crippen MR) is 119 cm³/mol. The van der Waals surface area contributed by atoms with E-state index >= 15 is 0 Å². The molecule has 0 amide bonds. The van der Waals surface area contributed by atoms with Crippen molar-refractivity contribution in [2.24, 2.45) is 0 Å². The largest absolute Gasteiger partial charge is 0.497 e. The van der Waals surface area contributed by atoms with Crippen molar-refractivity contribution in [3.8, 4) is 17.0 Å². The van der Waals surface area contributed by atoms with E-state index in [1.54, 1.807) is 11.9 Å². The van der Waals surface area contributed by atoms with Crippen LogP contribution < -0.4 is 10.1 Å². The monoisotopic (exact) mass is 398 g/mol. The Kier molecular flexibility index (Phi) is 6.20. The lowest BCUT2D eigenvalue weighted by atomic mass is 10.1. The van der Waals surface area contributed by atoms with Crippen molar-refractivity contribution in [2.45, 2.75) is 26.6 Å². The van der Waals surface area contributed by atoms with Crippen LogP contribution in [0.1, 0.15) is 22.4 Å². The minimum absolute atomic E-state index is 0.643. The van der Waals surface area contributed by atoms with Crippen LogP contribution in [0.4, 0.5) is 0 Å². The smallest absolute Gasteiger partial charge is 0.118 e. The summed E-state index contributed by atoms with van der Waals surface area (Å²) in [6.45, 7) is 4.17. The lowest BCUT2D eigenvalue weighted by molar-refractivity contribution is 0.414. The third kappa shape index (κ3) is 4.75. The van der Waals surface area contributed by atoms with Crippen LogP contribution in [0.15, 0.2) is 78.9 Å². The molecule has 0 saturated carbocycles. The molecule has 4 rings (SSSR count). The van der Waals surface area contributed by atoms with Gasteiger partial charge in [-0.1, -0.05) is 66.7 Å². The van der Waals surface area contributed by atoms with Gasteiger partial charge >= 0.3 is 0 Å². The molecule has 0 aliphatic heterocycles. The number of benzene rings is 3. The highest BCUT2D eigenvalue weighted by molar-refractivity contribution is 5.60. The second-order valence-electron chi connectivity index (χ2n) is 7.27. The van der Waals surface area contributed by atoms with E-state index in [4.69, 9.17) is 14.9 Å². The molecule has 30 heavy (non-hydrogen) atoms. The fourth-order valence-corrected chi connectivity index (χ4v) is 3.40. The van der Waals surface area contributed by atoms with Gasteiger partial charge in [-0.15, -0.1) is 0 Å². The first-order valence-electron chi connectivity index (χ1n) is 10.1. The van der Waals surface area contributed by atoms with Gasteiger partial charge in [-0.3, -0.25) is 0 Å². The van der Waals surface area contributed by atoms with Crippen molar-refractivity contribution in [1.82, 2.24) is 20.3 Å². The van der Waals surface area contributed by atoms with Crippen molar-refractivity contribution < 1.29 is 4.74 Å². The number of nitrogens with zero attached hydrogens (tertiary/aromatic N) is 3. The Bertz CT molecular complexity index is 1090. The van der Waals surface area contributed by atoms with Crippen LogP contribution in [-0.4, -0.2) is 22.1 Å². The van der Waals surface area contributed by atoms with Gasteiger partial charge in [0.1, 0.15) is 17.1 Å². The summed E-state index contributed by atoms with van der Waals surface area (Å²) < 4.78 is 5.23. The summed E-state index contributed by atoms with van der Waals surface area (Å²) in [4.78, 5) is 1.80. The standard InChI is InChI=1S/C25H26N4O/c1-19-8-6-7-11-22(19)18-29-27-24(25(28-29)21-9-4-3-5-10-21)17-26-16-20-12-14-23(30-2)15-13-20/h3-15,26H,16-18H2,1-2H3. The second kappa shape index (κ2) is 9.37. The number of aryl methyl sites for hydroxylation is 1. The molecule has 4 aromatic rings. The van der Waals surface area contributed by atoms with E-state index in [1.165, 1.54) is 16.7 Å². The number of nitrogens with one attached hydrogen (secondary N) is 1. The minimum atomic E-state index is 0.643. The van der Waals surface area contributed by atoms with Crippen LogP contribution in [0.25, 0.3) is 11.3 Å². The van der Waals surface area contributed by atoms with Gasteiger partial charge in [0, 0.05) is 18.7 Å². The Hall–Kier alpha value is -3.44. The Morgan fingerprint density at radius 1 is 0.833 bits per heavy atom. The normalized spacial score (nSPS) is 10.9. The molecule has 152 valence electrons. The zero-order chi connectivity index (χ0) is 20.8. The summed E-state index contributed by atoms with van der Waals surface area (Å²) in [5.41, 5.74) is 6.62. The molecule has 0 radical (unpaired) electrons. The molecular formula is C25H26N4O. The number of methoxy groups -OCH3 is 1. The first kappa shape index (κ1) is 19.9. The van der Waals surface area contributed by atoms with Crippen molar-refractivity contribution in [3.05, 3.63) is 101 Å². The maximum atomic E-state index is 5.23. The Labute approximate surface area is 177 Å². The zero-order valence-electron chi connectivity index (χ0n) is 17.4. The van der Waals surface area contributed by atoms with E-state index in [0.717, 1.165) is 29.2 Å². The molecular weight excluding hydrogens is 372 g/mol. The van der Waals surface area contributed by atoms with Gasteiger partial charge in [0.2, 0.25) is 0 Å². The average Bonchev–Trinajstić information content (AvgIpc) is 3.19. The number of hydrogen-bond donors (Lipinski definition) is 1. The number of hydrogen-bond acceptors (Lipinski definition) is 4. The molecule has 0 atom stereocenters. The lowest BCUT2D eigenvalue weighted by Crippen LogP contribution is -2.14. The van der Waals surface area contributed by atoms with Crippen molar-refractivity contribution in [1.29, 1.82) is 0 Å². The van der Waals surface area contributed by atoms with E-state index in [0.29, 0.717) is 13.1 Å². The zero-order valence-corrected chi connectivity index (χ0v) is 17.4. The second-order valence-corrected chi connectivity index (χ2v) is 7.27. The highest BCUT2D eigenvalue weighted by Gasteiger charge is 2.13. The summed E-state index contributed by atoms with van der Waals surface area (Å²) in [5.74, 6) is 0.865. The van der Waals surface area contributed by atoms with Crippen LogP contribution >= 0.6 is 0 Å². The van der Waals surface area contributed by atoms with Gasteiger partial charge in [-0.05, 0) is 35.7 Å². The summed E-state index contributed by atoms with van der Waals surface area (Å²) in [6, 6.07) is 26.7. The summed E-state index contributed by atoms with van der Waals surface area (Å²) >= 11 is 0. The minimum Gasteiger partial charge on any atom is -0.497 e. The Morgan fingerprint density at radius 2 is 1.57 bits per heavy atom. The van der Waals surface area contributed by atoms with Crippen LogP contribution in [0, 0.1) is 6.92 Å². The molecule has 0 fully saturated rings. The van der Waals surface area contributed by atoms with Gasteiger partial charge < -0.3 is 10.1 Å². The highest BCUT2D eigenvalue weighted by atomic mass is 16.5. The van der Waals surface area contributed by atoms with Crippen LogP contribution in [0.2, 0.25) is 0 Å². The summed E-state index contributed by atoms with van der Waals surface area (Å²) in [7, 11) is 1.68. The van der Waals surface area contributed by atoms with Crippen LogP contribution in [0.5, 0.6) is 5.75 Å². The third-order valence-electron chi connectivity index (χ3n) is 5.13. The van der Waals surface area contributed by atoms with E-state index < -0.39 is 0 Å². The fraction of sp³-hybridized carbons (Fsp3) is 0.200. The van der Waals surface area contributed by atoms with Crippen LogP contribution in [0.3, 0.4) is 0 Å². The van der Waals surface area contributed by atoms with Gasteiger partial charge in [0.25, 0.3) is 0 Å². The highest BCUT2D eigenvalue weighted by Crippen LogP contribution is 2.21. The molecule has 1 heterocycles. The average molecular weight is 399 g/mol. The van der Waals surface area contributed by atoms with Gasteiger partial charge in [0.15, 0.2) is 0 Å².